The number of nitrogens with two attached hydrogens (primary N) is 1. The number of methoxy groups -OCH3 is 1. The molecular formula is C8H9KN2O4S. The zero-order valence-electron chi connectivity index (χ0n) is 8.88. The van der Waals surface area contributed by atoms with Crippen LogP contribution in [0.25, 0.3) is 0 Å². The normalized spacial score (nSPS) is 13.1. The Hall–Kier alpha value is 0.0364. The molecule has 1 amide bonds. The molecule has 0 saturated heterocycles. The summed E-state index contributed by atoms with van der Waals surface area (Å²) in [6.07, 6.45) is -1.16. The van der Waals surface area contributed by atoms with Crippen LogP contribution in [0.2, 0.25) is 0 Å². The molecule has 0 aliphatic heterocycles. The third-order valence-corrected chi connectivity index (χ3v) is 2.80. The Kier molecular flexibility index (Phi) is 6.71. The van der Waals surface area contributed by atoms with E-state index < -0.39 is 16.1 Å². The van der Waals surface area contributed by atoms with E-state index in [0.29, 0.717) is 5.69 Å². The number of nitrogen functional groups attached to an aromatic ring is 1. The molecule has 2 N–H and O–H groups in total. The summed E-state index contributed by atoms with van der Waals surface area (Å²) < 4.78 is 29.8. The third kappa shape index (κ3) is 4.50. The van der Waals surface area contributed by atoms with Crippen LogP contribution in [0.3, 0.4) is 0 Å². The topological polar surface area (TPSA) is 105 Å². The first-order valence-electron chi connectivity index (χ1n) is 3.87. The van der Waals surface area contributed by atoms with Crippen molar-refractivity contribution in [2.45, 2.75) is 4.90 Å². The zero-order valence-corrected chi connectivity index (χ0v) is 12.8. The van der Waals surface area contributed by atoms with Crippen molar-refractivity contribution >= 4 is 21.8 Å². The Labute approximate surface area is 136 Å². The summed E-state index contributed by atoms with van der Waals surface area (Å²) >= 11 is 0. The number of benzene rings is 1. The van der Waals surface area contributed by atoms with Gasteiger partial charge in [0.05, 0.1) is 7.11 Å². The molecule has 1 rings (SSSR count). The van der Waals surface area contributed by atoms with Crippen molar-refractivity contribution in [3.63, 3.8) is 0 Å². The summed E-state index contributed by atoms with van der Waals surface area (Å²) in [4.78, 5) is 10.6. The molecule has 1 atom stereocenters. The third-order valence-electron chi connectivity index (χ3n) is 1.55. The zero-order chi connectivity index (χ0) is 11.5. The molecule has 8 heteroatoms. The minimum atomic E-state index is -3.99. The van der Waals surface area contributed by atoms with Gasteiger partial charge in [-0.2, -0.15) is 0 Å². The van der Waals surface area contributed by atoms with Gasteiger partial charge in [0.2, 0.25) is 0 Å². The number of hydrogen-bond acceptors (Lipinski definition) is 5. The van der Waals surface area contributed by atoms with E-state index in [-0.39, 0.29) is 56.3 Å². The van der Waals surface area contributed by atoms with Crippen LogP contribution in [0.1, 0.15) is 0 Å². The molecule has 1 unspecified atom stereocenters. The van der Waals surface area contributed by atoms with Gasteiger partial charge in [-0.05, 0) is 24.3 Å². The van der Waals surface area contributed by atoms with Gasteiger partial charge < -0.3 is 15.0 Å². The van der Waals surface area contributed by atoms with Gasteiger partial charge in [0.15, 0.2) is 0 Å². The van der Waals surface area contributed by atoms with Crippen molar-refractivity contribution in [1.82, 2.24) is 0 Å². The van der Waals surface area contributed by atoms with E-state index in [1.807, 2.05) is 0 Å². The monoisotopic (exact) mass is 268 g/mol. The average Bonchev–Trinajstić information content (AvgIpc) is 2.17. The fourth-order valence-corrected chi connectivity index (χ4v) is 1.68. The Balaban J connectivity index is 0.00000225. The van der Waals surface area contributed by atoms with Gasteiger partial charge in [-0.25, -0.2) is 4.79 Å². The first-order valence-corrected chi connectivity index (χ1v) is 5.31. The van der Waals surface area contributed by atoms with Crippen molar-refractivity contribution in [2.24, 2.45) is 4.36 Å². The molecule has 0 heterocycles. The summed E-state index contributed by atoms with van der Waals surface area (Å²) in [5, 5.41) is 0. The van der Waals surface area contributed by atoms with E-state index in [9.17, 15) is 13.6 Å². The molecule has 0 fully saturated rings. The van der Waals surface area contributed by atoms with Crippen molar-refractivity contribution < 1.29 is 69.7 Å². The number of rotatable bonds is 1. The Bertz CT molecular complexity index is 479. The van der Waals surface area contributed by atoms with E-state index in [4.69, 9.17) is 5.73 Å². The van der Waals surface area contributed by atoms with Crippen LogP contribution in [0.5, 0.6) is 0 Å². The van der Waals surface area contributed by atoms with Crippen LogP contribution in [-0.4, -0.2) is 22.0 Å². The number of carbonyl (C=O) groups excluding carboxylic acids is 1. The SMILES string of the molecule is COC(=O)N=S(=O)([O-])c1ccc(N)cc1.[K+]. The molecule has 0 aliphatic rings. The maximum absolute atomic E-state index is 11.4. The summed E-state index contributed by atoms with van der Waals surface area (Å²) in [5.41, 5.74) is 5.80. The molecule has 0 aliphatic carbocycles. The van der Waals surface area contributed by atoms with Crippen LogP contribution in [0, 0.1) is 0 Å². The Morgan fingerprint density at radius 2 is 1.94 bits per heavy atom. The van der Waals surface area contributed by atoms with Gasteiger partial charge in [-0.1, -0.05) is 0 Å². The van der Waals surface area contributed by atoms with Crippen LogP contribution < -0.4 is 57.1 Å². The molecule has 0 radical (unpaired) electrons. The summed E-state index contributed by atoms with van der Waals surface area (Å²) in [6, 6.07) is 5.33. The number of anilines is 1. The number of nitrogens with zero attached hydrogens (tertiary/aromatic N) is 1. The molecule has 0 aromatic heterocycles. The maximum Gasteiger partial charge on any atom is 1.00 e. The number of carbonyl (C=O) groups is 1. The quantitative estimate of drug-likeness (QED) is 0.468. The van der Waals surface area contributed by atoms with Gasteiger partial charge in [0.1, 0.15) is 0 Å². The predicted octanol–water partition coefficient (Wildman–Crippen LogP) is -2.00. The number of hydrogen-bond donors (Lipinski definition) is 1. The first-order chi connectivity index (χ1) is 6.95. The smallest absolute Gasteiger partial charge is 0.760 e. The fraction of sp³-hybridized carbons (Fsp3) is 0.125. The van der Waals surface area contributed by atoms with E-state index in [1.54, 1.807) is 0 Å². The minimum Gasteiger partial charge on any atom is -0.760 e. The van der Waals surface area contributed by atoms with Crippen LogP contribution in [0.4, 0.5) is 10.5 Å². The maximum atomic E-state index is 11.4. The molecule has 0 bridgehead atoms. The molecule has 16 heavy (non-hydrogen) atoms. The van der Waals surface area contributed by atoms with Crippen molar-refractivity contribution in [2.75, 3.05) is 12.8 Å². The Morgan fingerprint density at radius 1 is 1.44 bits per heavy atom. The Morgan fingerprint density at radius 3 is 2.38 bits per heavy atom. The first kappa shape index (κ1) is 16.0. The van der Waals surface area contributed by atoms with Gasteiger partial charge in [-0.15, -0.1) is 4.36 Å². The summed E-state index contributed by atoms with van der Waals surface area (Å²) in [7, 11) is -2.95. The summed E-state index contributed by atoms with van der Waals surface area (Å²) in [6.45, 7) is 0. The van der Waals surface area contributed by atoms with E-state index in [1.165, 1.54) is 24.3 Å². The minimum absolute atomic E-state index is 0. The molecule has 1 aromatic carbocycles. The van der Waals surface area contributed by atoms with Crippen LogP contribution in [-0.2, 0) is 14.7 Å². The van der Waals surface area contributed by atoms with E-state index in [0.717, 1.165) is 7.11 Å². The van der Waals surface area contributed by atoms with E-state index >= 15 is 0 Å². The molecular weight excluding hydrogens is 259 g/mol. The molecule has 0 spiro atoms. The second-order valence-electron chi connectivity index (χ2n) is 2.61. The predicted molar refractivity (Wildman–Crippen MR) is 52.9 cm³/mol. The number of amides is 1. The second-order valence-corrected chi connectivity index (χ2v) is 4.21. The largest absolute Gasteiger partial charge is 1.00 e. The van der Waals surface area contributed by atoms with Gasteiger partial charge >= 0.3 is 57.5 Å². The molecule has 1 aromatic rings. The van der Waals surface area contributed by atoms with Crippen molar-refractivity contribution in [3.8, 4) is 0 Å². The van der Waals surface area contributed by atoms with Crippen molar-refractivity contribution in [3.05, 3.63) is 24.3 Å². The van der Waals surface area contributed by atoms with Gasteiger partial charge in [0, 0.05) is 20.6 Å². The van der Waals surface area contributed by atoms with Gasteiger partial charge in [0.25, 0.3) is 0 Å². The van der Waals surface area contributed by atoms with Gasteiger partial charge in [-0.3, -0.25) is 4.21 Å². The average molecular weight is 268 g/mol. The van der Waals surface area contributed by atoms with Crippen LogP contribution >= 0.6 is 0 Å². The molecule has 82 valence electrons. The van der Waals surface area contributed by atoms with E-state index in [2.05, 4.69) is 9.10 Å². The standard InChI is InChI=1S/C8H10N2O4S.K/c1-14-8(11)10-15(12,13)7-4-2-6(9)3-5-7;/h2-5H,9H2,1H3,(H,10,11,12,13);/q;+1/p-1. The molecule has 0 saturated carbocycles. The molecule has 6 nitrogen and oxygen atoms in total. The summed E-state index contributed by atoms with van der Waals surface area (Å²) in [5.74, 6) is 0. The number of ether oxygens (including phenoxy) is 1. The second kappa shape index (κ2) is 6.69. The van der Waals surface area contributed by atoms with Crippen molar-refractivity contribution in [1.29, 1.82) is 0 Å². The van der Waals surface area contributed by atoms with Crippen LogP contribution in [0.15, 0.2) is 33.5 Å². The fourth-order valence-electron chi connectivity index (χ4n) is 0.828.